The Hall–Kier alpha value is -3.40. The number of benzene rings is 2. The average Bonchev–Trinajstić information content (AvgIpc) is 2.77. The molecule has 0 saturated carbocycles. The third-order valence-corrected chi connectivity index (χ3v) is 5.31. The molecule has 0 spiro atoms. The number of hydrogen-bond donors (Lipinski definition) is 2. The van der Waals surface area contributed by atoms with E-state index < -0.39 is 35.1 Å². The van der Waals surface area contributed by atoms with Crippen LogP contribution < -0.4 is 24.3 Å². The van der Waals surface area contributed by atoms with Crippen LogP contribution in [0.4, 0.5) is 5.69 Å². The highest BCUT2D eigenvalue weighted by molar-refractivity contribution is 7.93. The first-order chi connectivity index (χ1) is 16.6. The van der Waals surface area contributed by atoms with Gasteiger partial charge in [-0.1, -0.05) is 6.07 Å². The van der Waals surface area contributed by atoms with Crippen LogP contribution in [0.5, 0.6) is 23.0 Å². The van der Waals surface area contributed by atoms with Crippen molar-refractivity contribution < 1.29 is 44.1 Å². The Kier molecular flexibility index (Phi) is 5.90. The summed E-state index contributed by atoms with van der Waals surface area (Å²) in [6, 6.07) is 6.57. The molecular weight excluding hydrogens is 426 g/mol. The van der Waals surface area contributed by atoms with E-state index in [0.717, 1.165) is 17.5 Å². The minimum atomic E-state index is -3.94. The Labute approximate surface area is 188 Å². The van der Waals surface area contributed by atoms with Crippen molar-refractivity contribution in [2.75, 3.05) is 40.2 Å². The van der Waals surface area contributed by atoms with Crippen molar-refractivity contribution in [3.05, 3.63) is 46.9 Å². The number of carboxylic acids is 1. The Balaban J connectivity index is 2.42. The molecule has 0 saturated heterocycles. The van der Waals surface area contributed by atoms with E-state index in [9.17, 15) is 13.2 Å². The van der Waals surface area contributed by atoms with Gasteiger partial charge in [0.15, 0.2) is 9.84 Å². The summed E-state index contributed by atoms with van der Waals surface area (Å²) < 4.78 is 83.0. The second-order valence-electron chi connectivity index (χ2n) is 6.04. The Morgan fingerprint density at radius 1 is 1.10 bits per heavy atom. The first-order valence-corrected chi connectivity index (χ1v) is 10.4. The van der Waals surface area contributed by atoms with Crippen molar-refractivity contribution in [1.82, 2.24) is 0 Å². The molecule has 0 amide bonds. The number of sulfone groups is 1. The molecular formula is C21H25NO8S. The minimum Gasteiger partial charge on any atom is -0.496 e. The lowest BCUT2D eigenvalue weighted by Crippen LogP contribution is -2.13. The van der Waals surface area contributed by atoms with Crippen molar-refractivity contribution in [3.63, 3.8) is 0 Å². The zero-order valence-electron chi connectivity index (χ0n) is 22.0. The van der Waals surface area contributed by atoms with Gasteiger partial charge in [-0.25, -0.2) is 8.42 Å². The first-order valence-electron chi connectivity index (χ1n) is 11.1. The molecule has 10 heteroatoms. The van der Waals surface area contributed by atoms with Crippen LogP contribution in [0.2, 0.25) is 0 Å². The van der Waals surface area contributed by atoms with Crippen LogP contribution in [-0.4, -0.2) is 54.4 Å². The third kappa shape index (κ3) is 6.54. The number of carbonyl (C=O) groups is 1. The van der Waals surface area contributed by atoms with Gasteiger partial charge in [0.25, 0.3) is 0 Å². The molecule has 0 aliphatic rings. The van der Waals surface area contributed by atoms with Crippen molar-refractivity contribution in [1.29, 1.82) is 0 Å². The number of anilines is 1. The van der Waals surface area contributed by atoms with E-state index in [0.29, 0.717) is 22.8 Å². The van der Waals surface area contributed by atoms with Crippen LogP contribution in [0.25, 0.3) is 6.08 Å². The molecule has 0 aliphatic carbocycles. The van der Waals surface area contributed by atoms with Crippen LogP contribution in [0.3, 0.4) is 0 Å². The summed E-state index contributed by atoms with van der Waals surface area (Å²) in [6.45, 7) is -2.99. The quantitative estimate of drug-likeness (QED) is 0.526. The molecule has 31 heavy (non-hydrogen) atoms. The van der Waals surface area contributed by atoms with Crippen LogP contribution in [0.15, 0.2) is 35.7 Å². The number of methoxy groups -OCH3 is 4. The smallest absolute Gasteiger partial charge is 0.322 e. The van der Waals surface area contributed by atoms with E-state index in [4.69, 9.17) is 30.9 Å². The molecule has 168 valence electrons. The predicted molar refractivity (Wildman–Crippen MR) is 117 cm³/mol. The van der Waals surface area contributed by atoms with Gasteiger partial charge in [0, 0.05) is 17.5 Å². The van der Waals surface area contributed by atoms with Gasteiger partial charge in [0.2, 0.25) is 0 Å². The molecule has 0 bridgehead atoms. The summed E-state index contributed by atoms with van der Waals surface area (Å²) in [5.41, 5.74) is 0.0893. The molecule has 0 unspecified atom stereocenters. The van der Waals surface area contributed by atoms with E-state index in [1.807, 2.05) is 5.32 Å². The lowest BCUT2D eigenvalue weighted by molar-refractivity contribution is -0.134. The van der Waals surface area contributed by atoms with Gasteiger partial charge in [0.1, 0.15) is 29.5 Å². The zero-order valence-corrected chi connectivity index (χ0v) is 17.8. The normalized spacial score (nSPS) is 14.5. The molecule has 0 aromatic heterocycles. The monoisotopic (exact) mass is 456 g/mol. The Morgan fingerprint density at radius 3 is 2.32 bits per heavy atom. The number of aliphatic carboxylic acids is 1. The number of hydrogen-bond acceptors (Lipinski definition) is 8. The van der Waals surface area contributed by atoms with E-state index in [1.165, 1.54) is 33.5 Å². The number of carboxylic acid groups (broad SMARTS) is 1. The van der Waals surface area contributed by atoms with Gasteiger partial charge in [-0.05, 0) is 23.8 Å². The SMILES string of the molecule is [2H]C([2H])([2H])Oc1ccc(CS(=O)(=O)/C=C/c2c(OC)cc(OC)cc2OC)cc1NC([2H])([2H])C(=O)O. The molecule has 2 aromatic rings. The molecule has 9 nitrogen and oxygen atoms in total. The highest BCUT2D eigenvalue weighted by atomic mass is 32.2. The third-order valence-electron chi connectivity index (χ3n) is 4.02. The Morgan fingerprint density at radius 2 is 1.77 bits per heavy atom. The van der Waals surface area contributed by atoms with Crippen LogP contribution in [0, 0.1) is 0 Å². The van der Waals surface area contributed by atoms with E-state index >= 15 is 0 Å². The number of nitrogens with one attached hydrogen (secondary N) is 1. The fraction of sp³-hybridized carbons (Fsp3) is 0.286. The molecule has 0 fully saturated rings. The first kappa shape index (κ1) is 17.3. The summed E-state index contributed by atoms with van der Waals surface area (Å²) in [5, 5.41) is 12.0. The summed E-state index contributed by atoms with van der Waals surface area (Å²) in [5.74, 6) is -1.81. The van der Waals surface area contributed by atoms with Gasteiger partial charge in [0.05, 0.1) is 52.2 Å². The maximum absolute atomic E-state index is 12.8. The topological polar surface area (TPSA) is 120 Å². The van der Waals surface area contributed by atoms with Gasteiger partial charge in [-0.2, -0.15) is 0 Å². The summed E-state index contributed by atoms with van der Waals surface area (Å²) in [4.78, 5) is 11.2. The number of ether oxygens (including phenoxy) is 4. The van der Waals surface area contributed by atoms with Crippen LogP contribution in [-0.2, 0) is 20.4 Å². The van der Waals surface area contributed by atoms with Crippen molar-refractivity contribution >= 4 is 27.6 Å². The molecule has 2 N–H and O–H groups in total. The molecule has 0 radical (unpaired) electrons. The average molecular weight is 457 g/mol. The minimum absolute atomic E-state index is 0.106. The van der Waals surface area contributed by atoms with Gasteiger partial charge in [-0.15, -0.1) is 0 Å². The van der Waals surface area contributed by atoms with E-state index in [-0.39, 0.29) is 17.0 Å². The van der Waals surface area contributed by atoms with Crippen LogP contribution in [0.1, 0.15) is 18.0 Å². The van der Waals surface area contributed by atoms with Crippen molar-refractivity contribution in [2.45, 2.75) is 5.75 Å². The fourth-order valence-electron chi connectivity index (χ4n) is 2.62. The molecule has 2 rings (SSSR count). The summed E-state index contributed by atoms with van der Waals surface area (Å²) in [6.07, 6.45) is 1.28. The van der Waals surface area contributed by atoms with E-state index in [1.54, 1.807) is 12.1 Å². The second-order valence-corrected chi connectivity index (χ2v) is 7.93. The molecule has 0 atom stereocenters. The second kappa shape index (κ2) is 10.6. The summed E-state index contributed by atoms with van der Waals surface area (Å²) in [7, 11) is -2.61. The van der Waals surface area contributed by atoms with Gasteiger partial charge in [-0.3, -0.25) is 4.79 Å². The highest BCUT2D eigenvalue weighted by Gasteiger charge is 2.15. The molecule has 0 aliphatic heterocycles. The molecule has 2 aromatic carbocycles. The number of rotatable bonds is 11. The predicted octanol–water partition coefficient (Wildman–Crippen LogP) is 2.80. The van der Waals surface area contributed by atoms with E-state index in [2.05, 4.69) is 0 Å². The lowest BCUT2D eigenvalue weighted by Gasteiger charge is -2.13. The van der Waals surface area contributed by atoms with Crippen LogP contribution >= 0.6 is 0 Å². The summed E-state index contributed by atoms with van der Waals surface area (Å²) >= 11 is 0. The maximum Gasteiger partial charge on any atom is 0.322 e. The van der Waals surface area contributed by atoms with Gasteiger partial charge < -0.3 is 29.4 Å². The largest absolute Gasteiger partial charge is 0.496 e. The Bertz CT molecular complexity index is 1220. The highest BCUT2D eigenvalue weighted by Crippen LogP contribution is 2.35. The zero-order chi connectivity index (χ0) is 27.3. The van der Waals surface area contributed by atoms with Gasteiger partial charge >= 0.3 is 5.97 Å². The fourth-order valence-corrected chi connectivity index (χ4v) is 3.71. The van der Waals surface area contributed by atoms with Crippen molar-refractivity contribution in [3.8, 4) is 23.0 Å². The molecule has 0 heterocycles. The standard InChI is InChI=1S/C21H25NO8S/c1-27-15-10-19(29-3)16(20(11-15)30-4)7-8-31(25,26)13-14-5-6-18(28-2)17(9-14)22-12-21(23)24/h5-11,22H,12-13H2,1-4H3,(H,23,24)/b8-7+/i2D3,12D2. The van der Waals surface area contributed by atoms with Crippen molar-refractivity contribution in [2.24, 2.45) is 0 Å². The maximum atomic E-state index is 12.8. The lowest BCUT2D eigenvalue weighted by atomic mass is 10.1.